The highest BCUT2D eigenvalue weighted by molar-refractivity contribution is 7.98. The van der Waals surface area contributed by atoms with Crippen LogP contribution in [0.4, 0.5) is 5.95 Å². The van der Waals surface area contributed by atoms with Gasteiger partial charge in [0.2, 0.25) is 5.95 Å². The molecule has 0 amide bonds. The van der Waals surface area contributed by atoms with E-state index in [4.69, 9.17) is 0 Å². The van der Waals surface area contributed by atoms with Gasteiger partial charge in [-0.2, -0.15) is 11.8 Å². The lowest BCUT2D eigenvalue weighted by Gasteiger charge is -2.17. The fourth-order valence-corrected chi connectivity index (χ4v) is 3.23. The van der Waals surface area contributed by atoms with Crippen LogP contribution in [-0.2, 0) is 11.5 Å². The molecule has 0 aliphatic carbocycles. The van der Waals surface area contributed by atoms with Crippen molar-refractivity contribution in [3.05, 3.63) is 21.6 Å². The summed E-state index contributed by atoms with van der Waals surface area (Å²) in [4.78, 5) is 21.5. The molecule has 6 heteroatoms. The number of aromatic nitrogens is 2. The van der Waals surface area contributed by atoms with Crippen LogP contribution in [0.3, 0.4) is 0 Å². The van der Waals surface area contributed by atoms with Crippen LogP contribution < -0.4 is 10.9 Å². The van der Waals surface area contributed by atoms with Crippen LogP contribution in [0.1, 0.15) is 31.5 Å². The number of H-pyrrole nitrogens is 1. The molecule has 2 rings (SSSR count). The number of rotatable bonds is 7. The Morgan fingerprint density at radius 1 is 1.37 bits per heavy atom. The number of anilines is 1. The third-order valence-corrected chi connectivity index (χ3v) is 4.39. The molecule has 0 saturated carbocycles. The Kier molecular flexibility index (Phi) is 5.27. The van der Waals surface area contributed by atoms with E-state index in [-0.39, 0.29) is 5.56 Å². The molecule has 5 nitrogen and oxygen atoms in total. The van der Waals surface area contributed by atoms with Gasteiger partial charge in [-0.25, -0.2) is 4.98 Å². The molecule has 19 heavy (non-hydrogen) atoms. The van der Waals surface area contributed by atoms with E-state index in [1.165, 1.54) is 0 Å². The van der Waals surface area contributed by atoms with Crippen molar-refractivity contribution in [1.82, 2.24) is 14.9 Å². The van der Waals surface area contributed by atoms with Gasteiger partial charge in [0, 0.05) is 23.6 Å². The maximum Gasteiger partial charge on any atom is 0.256 e. The fraction of sp³-hybridized carbons (Fsp3) is 0.692. The Labute approximate surface area is 118 Å². The highest BCUT2D eigenvalue weighted by Crippen LogP contribution is 2.25. The zero-order valence-electron chi connectivity index (χ0n) is 11.7. The Bertz CT molecular complexity index is 470. The van der Waals surface area contributed by atoms with Crippen molar-refractivity contribution in [3.63, 3.8) is 0 Å². The predicted molar refractivity (Wildman–Crippen MR) is 80.8 cm³/mol. The molecule has 106 valence electrons. The molecule has 0 radical (unpaired) electrons. The zero-order valence-corrected chi connectivity index (χ0v) is 12.5. The molecule has 0 atom stereocenters. The van der Waals surface area contributed by atoms with Crippen LogP contribution >= 0.6 is 11.8 Å². The van der Waals surface area contributed by atoms with Gasteiger partial charge >= 0.3 is 0 Å². The Morgan fingerprint density at radius 3 is 2.89 bits per heavy atom. The quantitative estimate of drug-likeness (QED) is 0.745. The normalized spacial score (nSPS) is 13.8. The molecule has 1 aliphatic rings. The molecule has 0 fully saturated rings. The number of hydrogen-bond acceptors (Lipinski definition) is 5. The smallest absolute Gasteiger partial charge is 0.256 e. The highest BCUT2D eigenvalue weighted by atomic mass is 32.2. The van der Waals surface area contributed by atoms with Crippen LogP contribution in [0.25, 0.3) is 0 Å². The zero-order chi connectivity index (χ0) is 13.7. The van der Waals surface area contributed by atoms with E-state index in [1.54, 1.807) is 11.8 Å². The van der Waals surface area contributed by atoms with E-state index in [0.717, 1.165) is 55.4 Å². The van der Waals surface area contributed by atoms with Gasteiger partial charge in [-0.15, -0.1) is 0 Å². The molecular weight excluding hydrogens is 260 g/mol. The second-order valence-electron chi connectivity index (χ2n) is 4.64. The molecule has 0 bridgehead atoms. The minimum atomic E-state index is 0.0150. The summed E-state index contributed by atoms with van der Waals surface area (Å²) in [6, 6.07) is 0. The lowest BCUT2D eigenvalue weighted by Crippen LogP contribution is -2.26. The summed E-state index contributed by atoms with van der Waals surface area (Å²) in [6.07, 6.45) is 1.05. The molecular formula is C13H22N4OS. The average Bonchev–Trinajstić information content (AvgIpc) is 2.88. The number of fused-ring (bicyclic) bond motifs is 1. The summed E-state index contributed by atoms with van der Waals surface area (Å²) >= 11 is 1.75. The fourth-order valence-electron chi connectivity index (χ4n) is 2.20. The lowest BCUT2D eigenvalue weighted by molar-refractivity contribution is 0.303. The largest absolute Gasteiger partial charge is 0.356 e. The summed E-state index contributed by atoms with van der Waals surface area (Å²) in [5.41, 5.74) is 1.81. The Hall–Kier alpha value is -1.01. The van der Waals surface area contributed by atoms with E-state index >= 15 is 0 Å². The van der Waals surface area contributed by atoms with Crippen LogP contribution in [0.2, 0.25) is 0 Å². The molecule has 1 aromatic heterocycles. The number of nitrogens with zero attached hydrogens (tertiary/aromatic N) is 2. The minimum absolute atomic E-state index is 0.0150. The first-order chi connectivity index (χ1) is 9.24. The van der Waals surface area contributed by atoms with Gasteiger partial charge in [-0.05, 0) is 26.1 Å². The SMILES string of the molecule is CCN(CC)CCCNc1nc2c(c(=O)[nH]1)CSC2. The van der Waals surface area contributed by atoms with Gasteiger partial charge in [0.1, 0.15) is 0 Å². The maximum absolute atomic E-state index is 11.8. The van der Waals surface area contributed by atoms with Gasteiger partial charge < -0.3 is 10.2 Å². The van der Waals surface area contributed by atoms with E-state index in [9.17, 15) is 4.79 Å². The Balaban J connectivity index is 1.84. The lowest BCUT2D eigenvalue weighted by atomic mass is 10.3. The number of thioether (sulfide) groups is 1. The molecule has 0 aromatic carbocycles. The van der Waals surface area contributed by atoms with Gasteiger partial charge in [-0.3, -0.25) is 9.78 Å². The van der Waals surface area contributed by atoms with Gasteiger partial charge in [0.15, 0.2) is 0 Å². The van der Waals surface area contributed by atoms with Crippen LogP contribution in [0, 0.1) is 0 Å². The molecule has 1 aromatic rings. The Morgan fingerprint density at radius 2 is 2.16 bits per heavy atom. The summed E-state index contributed by atoms with van der Waals surface area (Å²) in [7, 11) is 0. The van der Waals surface area contributed by atoms with E-state index in [0.29, 0.717) is 5.95 Å². The van der Waals surface area contributed by atoms with Crippen molar-refractivity contribution < 1.29 is 0 Å². The second kappa shape index (κ2) is 6.96. The topological polar surface area (TPSA) is 61.0 Å². The first-order valence-electron chi connectivity index (χ1n) is 6.90. The van der Waals surface area contributed by atoms with Crippen molar-refractivity contribution >= 4 is 17.7 Å². The van der Waals surface area contributed by atoms with Gasteiger partial charge in [0.05, 0.1) is 5.69 Å². The van der Waals surface area contributed by atoms with Crippen molar-refractivity contribution in [2.75, 3.05) is 31.5 Å². The van der Waals surface area contributed by atoms with Crippen molar-refractivity contribution in [3.8, 4) is 0 Å². The van der Waals surface area contributed by atoms with E-state index in [1.807, 2.05) is 0 Å². The summed E-state index contributed by atoms with van der Waals surface area (Å²) < 4.78 is 0. The van der Waals surface area contributed by atoms with Gasteiger partial charge in [-0.1, -0.05) is 13.8 Å². The minimum Gasteiger partial charge on any atom is -0.356 e. The number of hydrogen-bond donors (Lipinski definition) is 2. The number of nitrogens with one attached hydrogen (secondary N) is 2. The van der Waals surface area contributed by atoms with Gasteiger partial charge in [0.25, 0.3) is 5.56 Å². The van der Waals surface area contributed by atoms with Crippen LogP contribution in [-0.4, -0.2) is 41.0 Å². The molecule has 0 saturated heterocycles. The molecule has 0 unspecified atom stereocenters. The highest BCUT2D eigenvalue weighted by Gasteiger charge is 2.17. The molecule has 0 spiro atoms. The third kappa shape index (κ3) is 3.73. The third-order valence-electron chi connectivity index (χ3n) is 3.42. The first kappa shape index (κ1) is 14.4. The first-order valence-corrected chi connectivity index (χ1v) is 8.06. The standard InChI is InChI=1S/C13H22N4OS/c1-3-17(4-2)7-5-6-14-13-15-11-9-19-8-10(11)12(18)16-13/h3-9H2,1-2H3,(H2,14,15,16,18). The summed E-state index contributed by atoms with van der Waals surface area (Å²) in [5.74, 6) is 2.26. The van der Waals surface area contributed by atoms with E-state index in [2.05, 4.69) is 34.0 Å². The summed E-state index contributed by atoms with van der Waals surface area (Å²) in [6.45, 7) is 8.43. The van der Waals surface area contributed by atoms with Crippen molar-refractivity contribution in [1.29, 1.82) is 0 Å². The van der Waals surface area contributed by atoms with E-state index < -0.39 is 0 Å². The number of aromatic amines is 1. The van der Waals surface area contributed by atoms with Crippen LogP contribution in [0.5, 0.6) is 0 Å². The maximum atomic E-state index is 11.8. The molecule has 2 N–H and O–H groups in total. The molecule has 1 aliphatic heterocycles. The van der Waals surface area contributed by atoms with Crippen LogP contribution in [0.15, 0.2) is 4.79 Å². The summed E-state index contributed by atoms with van der Waals surface area (Å²) in [5, 5.41) is 3.22. The monoisotopic (exact) mass is 282 g/mol. The average molecular weight is 282 g/mol. The van der Waals surface area contributed by atoms with Crippen molar-refractivity contribution in [2.24, 2.45) is 0 Å². The predicted octanol–water partition coefficient (Wildman–Crippen LogP) is 1.66. The second-order valence-corrected chi connectivity index (χ2v) is 5.63. The molecule has 2 heterocycles. The van der Waals surface area contributed by atoms with Crippen molar-refractivity contribution in [2.45, 2.75) is 31.8 Å².